The Kier molecular flexibility index (Phi) is 13.5. The number of hydrogen-bond donors (Lipinski definition) is 2. The average Bonchev–Trinajstić information content (AvgIpc) is 2.58. The molecule has 1 atom stereocenters. The lowest BCUT2D eigenvalue weighted by atomic mass is 10.3. The molecule has 0 aromatic heterocycles. The highest BCUT2D eigenvalue weighted by molar-refractivity contribution is 14.0. The summed E-state index contributed by atoms with van der Waals surface area (Å²) in [6.07, 6.45) is -0.0855. The minimum absolute atomic E-state index is 0. The topological polar surface area (TPSA) is 75.2 Å². The molecule has 0 aliphatic rings. The fourth-order valence-electron chi connectivity index (χ4n) is 1.77. The first-order valence-electron chi connectivity index (χ1n) is 8.06. The van der Waals surface area contributed by atoms with Crippen LogP contribution >= 0.6 is 39.9 Å². The van der Waals surface area contributed by atoms with E-state index in [1.165, 1.54) is 4.90 Å². The number of likely N-dealkylation sites (N-methyl/N-ethyl adjacent to an activating group) is 1. The molecule has 0 heterocycles. The Labute approximate surface area is 181 Å². The Morgan fingerprint density at radius 2 is 2.00 bits per heavy atom. The summed E-state index contributed by atoms with van der Waals surface area (Å²) < 4.78 is 11.8. The maximum absolute atomic E-state index is 11.7. The summed E-state index contributed by atoms with van der Waals surface area (Å²) in [7, 11) is 5.04. The first-order valence-corrected chi connectivity index (χ1v) is 8.85. The summed E-state index contributed by atoms with van der Waals surface area (Å²) >= 11 is 3.46. The molecule has 0 aliphatic heterocycles. The van der Waals surface area contributed by atoms with E-state index in [1.807, 2.05) is 31.2 Å². The van der Waals surface area contributed by atoms with E-state index in [4.69, 9.17) is 9.47 Å². The van der Waals surface area contributed by atoms with E-state index >= 15 is 0 Å². The number of nitrogens with zero attached hydrogens (tertiary/aromatic N) is 2. The number of para-hydroxylation sites is 1. The minimum Gasteiger partial charge on any atom is -0.488 e. The fourth-order valence-corrected chi connectivity index (χ4v) is 2.15. The van der Waals surface area contributed by atoms with Crippen LogP contribution < -0.4 is 15.4 Å². The number of methoxy groups -OCH3 is 1. The molecule has 1 rings (SSSR count). The van der Waals surface area contributed by atoms with Crippen molar-refractivity contribution in [2.45, 2.75) is 13.0 Å². The molecule has 0 aliphatic carbocycles. The number of hydrogen-bond acceptors (Lipinski definition) is 4. The molecule has 0 saturated heterocycles. The van der Waals surface area contributed by atoms with Gasteiger partial charge in [-0.25, -0.2) is 4.99 Å². The van der Waals surface area contributed by atoms with E-state index in [-0.39, 0.29) is 42.5 Å². The molecule has 1 aromatic rings. The molecule has 0 spiro atoms. The standard InChI is InChI=1S/C17H27BrN4O3.HI/c1-13(25-15-8-6-5-7-14(15)18)11-20-17(19-9-10-24-4)21-12-16(23)22(2)3;/h5-8,13H,9-12H2,1-4H3,(H2,19,20,21);1H. The second kappa shape index (κ2) is 14.0. The number of nitrogens with one attached hydrogen (secondary N) is 2. The molecular formula is C17H28BrIN4O3. The average molecular weight is 543 g/mol. The summed E-state index contributed by atoms with van der Waals surface area (Å²) in [4.78, 5) is 17.5. The zero-order chi connectivity index (χ0) is 18.7. The normalized spacial score (nSPS) is 12.0. The van der Waals surface area contributed by atoms with E-state index in [0.29, 0.717) is 25.7 Å². The molecule has 0 bridgehead atoms. The van der Waals surface area contributed by atoms with E-state index in [2.05, 4.69) is 31.6 Å². The first kappa shape index (κ1) is 24.9. The van der Waals surface area contributed by atoms with Crippen molar-refractivity contribution in [2.24, 2.45) is 4.99 Å². The molecule has 9 heteroatoms. The Morgan fingerprint density at radius 1 is 1.31 bits per heavy atom. The molecule has 7 nitrogen and oxygen atoms in total. The van der Waals surface area contributed by atoms with E-state index < -0.39 is 0 Å². The highest BCUT2D eigenvalue weighted by Gasteiger charge is 2.09. The Morgan fingerprint density at radius 3 is 2.62 bits per heavy atom. The van der Waals surface area contributed by atoms with Crippen LogP contribution in [-0.2, 0) is 9.53 Å². The number of benzene rings is 1. The summed E-state index contributed by atoms with van der Waals surface area (Å²) in [5.41, 5.74) is 0. The summed E-state index contributed by atoms with van der Waals surface area (Å²) in [5.74, 6) is 1.27. The molecule has 2 N–H and O–H groups in total. The Bertz CT molecular complexity index is 573. The maximum Gasteiger partial charge on any atom is 0.243 e. The zero-order valence-corrected chi connectivity index (χ0v) is 19.5. The molecule has 26 heavy (non-hydrogen) atoms. The summed E-state index contributed by atoms with van der Waals surface area (Å²) in [6.45, 7) is 3.72. The molecule has 0 saturated carbocycles. The quantitative estimate of drug-likeness (QED) is 0.216. The second-order valence-electron chi connectivity index (χ2n) is 5.61. The van der Waals surface area contributed by atoms with E-state index in [9.17, 15) is 4.79 Å². The van der Waals surface area contributed by atoms with Crippen molar-refractivity contribution in [3.05, 3.63) is 28.7 Å². The van der Waals surface area contributed by atoms with Gasteiger partial charge in [0, 0.05) is 27.7 Å². The van der Waals surface area contributed by atoms with Gasteiger partial charge in [0.1, 0.15) is 18.4 Å². The van der Waals surface area contributed by atoms with Crippen LogP contribution in [0.3, 0.4) is 0 Å². The number of rotatable bonds is 9. The van der Waals surface area contributed by atoms with Gasteiger partial charge in [0.05, 0.1) is 17.6 Å². The van der Waals surface area contributed by atoms with Crippen LogP contribution in [-0.4, -0.2) is 70.3 Å². The molecule has 0 radical (unpaired) electrons. The summed E-state index contributed by atoms with van der Waals surface area (Å²) in [6, 6.07) is 7.70. The fraction of sp³-hybridized carbons (Fsp3) is 0.529. The lowest BCUT2D eigenvalue weighted by Crippen LogP contribution is -2.43. The number of carbonyl (C=O) groups excluding carboxylic acids is 1. The minimum atomic E-state index is -0.0855. The highest BCUT2D eigenvalue weighted by atomic mass is 127. The maximum atomic E-state index is 11.7. The van der Waals surface area contributed by atoms with E-state index in [1.54, 1.807) is 21.2 Å². The predicted molar refractivity (Wildman–Crippen MR) is 119 cm³/mol. The largest absolute Gasteiger partial charge is 0.488 e. The first-order chi connectivity index (χ1) is 11.9. The van der Waals surface area contributed by atoms with Crippen LogP contribution in [0.1, 0.15) is 6.92 Å². The van der Waals surface area contributed by atoms with Gasteiger partial charge in [0.15, 0.2) is 5.96 Å². The van der Waals surface area contributed by atoms with Gasteiger partial charge in [-0.05, 0) is 35.0 Å². The van der Waals surface area contributed by atoms with Gasteiger partial charge in [-0.1, -0.05) is 12.1 Å². The lowest BCUT2D eigenvalue weighted by Gasteiger charge is -2.19. The van der Waals surface area contributed by atoms with Gasteiger partial charge < -0.3 is 25.0 Å². The van der Waals surface area contributed by atoms with Gasteiger partial charge in [-0.3, -0.25) is 4.79 Å². The third-order valence-corrected chi connectivity index (χ3v) is 3.85. The number of ether oxygens (including phenoxy) is 2. The number of guanidine groups is 1. The SMILES string of the molecule is COCCNC(=NCC(=O)N(C)C)NCC(C)Oc1ccccc1Br.I. The van der Waals surface area contributed by atoms with Gasteiger partial charge in [0.2, 0.25) is 5.91 Å². The summed E-state index contributed by atoms with van der Waals surface area (Å²) in [5, 5.41) is 6.31. The number of aliphatic imine (C=N–C) groups is 1. The molecule has 0 fully saturated rings. The third kappa shape index (κ3) is 10.2. The molecule has 1 amide bonds. The Balaban J connectivity index is 0.00000625. The Hall–Kier alpha value is -1.07. The van der Waals surface area contributed by atoms with Gasteiger partial charge >= 0.3 is 0 Å². The van der Waals surface area contributed by atoms with Crippen LogP contribution in [0.2, 0.25) is 0 Å². The van der Waals surface area contributed by atoms with Crippen LogP contribution in [0.25, 0.3) is 0 Å². The van der Waals surface area contributed by atoms with E-state index in [0.717, 1.165) is 10.2 Å². The van der Waals surface area contributed by atoms with Crippen molar-refractivity contribution in [1.29, 1.82) is 0 Å². The molecule has 1 aromatic carbocycles. The number of carbonyl (C=O) groups is 1. The van der Waals surface area contributed by atoms with Gasteiger partial charge in [-0.15, -0.1) is 24.0 Å². The van der Waals surface area contributed by atoms with Crippen molar-refractivity contribution in [2.75, 3.05) is 47.4 Å². The highest BCUT2D eigenvalue weighted by Crippen LogP contribution is 2.24. The molecule has 1 unspecified atom stereocenters. The zero-order valence-electron chi connectivity index (χ0n) is 15.6. The van der Waals surface area contributed by atoms with Crippen LogP contribution in [0, 0.1) is 0 Å². The van der Waals surface area contributed by atoms with Gasteiger partial charge in [0.25, 0.3) is 0 Å². The van der Waals surface area contributed by atoms with Crippen LogP contribution in [0.5, 0.6) is 5.75 Å². The van der Waals surface area contributed by atoms with Crippen molar-refractivity contribution in [3.63, 3.8) is 0 Å². The second-order valence-corrected chi connectivity index (χ2v) is 6.47. The third-order valence-electron chi connectivity index (χ3n) is 3.19. The van der Waals surface area contributed by atoms with Crippen molar-refractivity contribution in [3.8, 4) is 5.75 Å². The predicted octanol–water partition coefficient (Wildman–Crippen LogP) is 2.10. The van der Waals surface area contributed by atoms with Crippen molar-refractivity contribution in [1.82, 2.24) is 15.5 Å². The van der Waals surface area contributed by atoms with Crippen LogP contribution in [0.15, 0.2) is 33.7 Å². The number of amides is 1. The van der Waals surface area contributed by atoms with Crippen molar-refractivity contribution < 1.29 is 14.3 Å². The van der Waals surface area contributed by atoms with Crippen molar-refractivity contribution >= 4 is 51.8 Å². The number of halogens is 2. The molecular weight excluding hydrogens is 515 g/mol. The smallest absolute Gasteiger partial charge is 0.243 e. The van der Waals surface area contributed by atoms with Gasteiger partial charge in [-0.2, -0.15) is 0 Å². The lowest BCUT2D eigenvalue weighted by molar-refractivity contribution is -0.127. The van der Waals surface area contributed by atoms with Crippen LogP contribution in [0.4, 0.5) is 0 Å². The monoisotopic (exact) mass is 542 g/mol. The molecule has 148 valence electrons.